The molecule has 0 spiro atoms. The molecule has 200 valence electrons. The van der Waals surface area contributed by atoms with Crippen molar-refractivity contribution in [1.82, 2.24) is 10.1 Å². The number of nitrogens with zero attached hydrogens (tertiary/aromatic N) is 2. The Kier molecular flexibility index (Phi) is 7.10. The van der Waals surface area contributed by atoms with Gasteiger partial charge in [-0.1, -0.05) is 83.5 Å². The number of nitrogens with one attached hydrogen (secondary N) is 1. The summed E-state index contributed by atoms with van der Waals surface area (Å²) in [4.78, 5) is 16.4. The van der Waals surface area contributed by atoms with Gasteiger partial charge in [0.05, 0.1) is 17.8 Å². The van der Waals surface area contributed by atoms with E-state index in [2.05, 4.69) is 39.7 Å². The minimum absolute atomic E-state index is 0.0896. The Bertz CT molecular complexity index is 1660. The monoisotopic (exact) mass is 549 g/mol. The molecule has 40 heavy (non-hydrogen) atoms. The molecule has 0 saturated heterocycles. The first-order valence-electron chi connectivity index (χ1n) is 13.3. The zero-order valence-electron chi connectivity index (χ0n) is 22.2. The van der Waals surface area contributed by atoms with E-state index in [0.29, 0.717) is 10.8 Å². The van der Waals surface area contributed by atoms with Crippen molar-refractivity contribution >= 4 is 28.9 Å². The number of hydrogen-bond donors (Lipinski definition) is 1. The quantitative estimate of drug-likeness (QED) is 0.195. The Labute approximate surface area is 238 Å². The van der Waals surface area contributed by atoms with Crippen LogP contribution in [0, 0.1) is 12.8 Å². The molecular formula is C33H28ClN3O3. The van der Waals surface area contributed by atoms with Crippen molar-refractivity contribution in [1.29, 1.82) is 0 Å². The van der Waals surface area contributed by atoms with Crippen LogP contribution in [-0.2, 0) is 9.53 Å². The van der Waals surface area contributed by atoms with Gasteiger partial charge in [0.1, 0.15) is 17.5 Å². The summed E-state index contributed by atoms with van der Waals surface area (Å²) in [6.45, 7) is 3.82. The number of rotatable bonds is 8. The predicted molar refractivity (Wildman–Crippen MR) is 157 cm³/mol. The van der Waals surface area contributed by atoms with Crippen molar-refractivity contribution in [2.75, 3.05) is 5.32 Å². The van der Waals surface area contributed by atoms with E-state index < -0.39 is 0 Å². The lowest BCUT2D eigenvalue weighted by Crippen LogP contribution is -2.10. The third kappa shape index (κ3) is 5.49. The second kappa shape index (κ2) is 11.0. The standard InChI is InChI=1S/C33H28ClN3O3/c1-20-31(36-28-17-27(18-35-19-28)29-5-3-4-6-30(29)34)32(40-37-20)25-13-11-24(12-14-25)23-9-7-22(8-10-23)21(2)39-33(38)26-15-16-26/h3-14,17-19,21,26,36H,15-16H2,1-2H3. The van der Waals surface area contributed by atoms with Gasteiger partial charge in [0.25, 0.3) is 0 Å². The zero-order chi connectivity index (χ0) is 27.6. The minimum atomic E-state index is -0.259. The number of carbonyl (C=O) groups excluding carboxylic acids is 1. The molecule has 3 aromatic carbocycles. The van der Waals surface area contributed by atoms with Crippen LogP contribution in [0.4, 0.5) is 11.4 Å². The number of pyridine rings is 1. The summed E-state index contributed by atoms with van der Waals surface area (Å²) >= 11 is 6.40. The molecule has 1 unspecified atom stereocenters. The van der Waals surface area contributed by atoms with Crippen LogP contribution in [0.3, 0.4) is 0 Å². The lowest BCUT2D eigenvalue weighted by Gasteiger charge is -2.14. The third-order valence-corrected chi connectivity index (χ3v) is 7.45. The third-order valence-electron chi connectivity index (χ3n) is 7.12. The van der Waals surface area contributed by atoms with Gasteiger partial charge in [0.15, 0.2) is 5.76 Å². The fourth-order valence-electron chi connectivity index (χ4n) is 4.63. The van der Waals surface area contributed by atoms with E-state index in [-0.39, 0.29) is 18.0 Å². The second-order valence-electron chi connectivity index (χ2n) is 10.1. The summed E-state index contributed by atoms with van der Waals surface area (Å²) in [5.74, 6) is 0.654. The molecule has 1 fully saturated rings. The fourth-order valence-corrected chi connectivity index (χ4v) is 4.87. The number of halogens is 1. The highest BCUT2D eigenvalue weighted by molar-refractivity contribution is 6.33. The number of esters is 1. The van der Waals surface area contributed by atoms with Crippen molar-refractivity contribution < 1.29 is 14.1 Å². The second-order valence-corrected chi connectivity index (χ2v) is 10.5. The fraction of sp³-hybridized carbons (Fsp3) is 0.182. The zero-order valence-corrected chi connectivity index (χ0v) is 23.0. The van der Waals surface area contributed by atoms with Crippen LogP contribution in [-0.4, -0.2) is 16.1 Å². The first-order valence-corrected chi connectivity index (χ1v) is 13.7. The van der Waals surface area contributed by atoms with Gasteiger partial charge < -0.3 is 14.6 Å². The van der Waals surface area contributed by atoms with E-state index in [1.54, 1.807) is 12.4 Å². The summed E-state index contributed by atoms with van der Waals surface area (Å²) < 4.78 is 11.3. The van der Waals surface area contributed by atoms with Crippen molar-refractivity contribution in [3.63, 3.8) is 0 Å². The SMILES string of the molecule is Cc1noc(-c2ccc(-c3ccc(C(C)OC(=O)C4CC4)cc3)cc2)c1Nc1cncc(-c2ccccc2Cl)c1. The first kappa shape index (κ1) is 25.8. The molecular weight excluding hydrogens is 522 g/mol. The summed E-state index contributed by atoms with van der Waals surface area (Å²) in [5.41, 5.74) is 8.19. The molecule has 5 aromatic rings. The highest BCUT2D eigenvalue weighted by Gasteiger charge is 2.32. The van der Waals surface area contributed by atoms with Crippen LogP contribution in [0.1, 0.15) is 37.1 Å². The van der Waals surface area contributed by atoms with Crippen LogP contribution in [0.2, 0.25) is 5.02 Å². The van der Waals surface area contributed by atoms with E-state index in [0.717, 1.165) is 63.3 Å². The van der Waals surface area contributed by atoms with E-state index in [1.165, 1.54) is 0 Å². The number of anilines is 2. The number of aromatic nitrogens is 2. The molecule has 6 nitrogen and oxygen atoms in total. The molecule has 2 aromatic heterocycles. The number of hydrogen-bond acceptors (Lipinski definition) is 6. The maximum absolute atomic E-state index is 12.0. The molecule has 2 heterocycles. The van der Waals surface area contributed by atoms with Crippen LogP contribution in [0.15, 0.2) is 95.8 Å². The van der Waals surface area contributed by atoms with Crippen LogP contribution >= 0.6 is 11.6 Å². The van der Waals surface area contributed by atoms with Gasteiger partial charge in [-0.15, -0.1) is 0 Å². The maximum atomic E-state index is 12.0. The highest BCUT2D eigenvalue weighted by Crippen LogP contribution is 2.36. The molecule has 7 heteroatoms. The van der Waals surface area contributed by atoms with E-state index >= 15 is 0 Å². The number of carbonyl (C=O) groups is 1. The topological polar surface area (TPSA) is 77.2 Å². The molecule has 0 aliphatic heterocycles. The van der Waals surface area contributed by atoms with Crippen molar-refractivity contribution in [2.24, 2.45) is 5.92 Å². The Morgan fingerprint density at radius 3 is 2.33 bits per heavy atom. The molecule has 1 atom stereocenters. The number of benzene rings is 3. The van der Waals surface area contributed by atoms with Crippen LogP contribution in [0.5, 0.6) is 0 Å². The lowest BCUT2D eigenvalue weighted by atomic mass is 10.00. The van der Waals surface area contributed by atoms with Crippen LogP contribution < -0.4 is 5.32 Å². The van der Waals surface area contributed by atoms with Gasteiger partial charge in [-0.3, -0.25) is 9.78 Å². The number of aryl methyl sites for hydroxylation is 1. The molecule has 1 aliphatic rings. The molecule has 1 N–H and O–H groups in total. The number of ether oxygens (including phenoxy) is 1. The van der Waals surface area contributed by atoms with E-state index in [9.17, 15) is 4.79 Å². The summed E-state index contributed by atoms with van der Waals surface area (Å²) in [6, 6.07) is 26.0. The van der Waals surface area contributed by atoms with E-state index in [1.807, 2.05) is 68.4 Å². The normalized spacial score (nSPS) is 13.6. The highest BCUT2D eigenvalue weighted by atomic mass is 35.5. The van der Waals surface area contributed by atoms with Gasteiger partial charge in [-0.05, 0) is 55.5 Å². The van der Waals surface area contributed by atoms with Crippen molar-refractivity contribution in [2.45, 2.75) is 32.8 Å². The Morgan fingerprint density at radius 1 is 0.950 bits per heavy atom. The average Bonchev–Trinajstić information content (AvgIpc) is 3.78. The van der Waals surface area contributed by atoms with Gasteiger partial charge in [0, 0.05) is 27.9 Å². The Hall–Kier alpha value is -4.42. The van der Waals surface area contributed by atoms with Gasteiger partial charge in [-0.2, -0.15) is 0 Å². The predicted octanol–water partition coefficient (Wildman–Crippen LogP) is 8.79. The molecule has 0 amide bonds. The largest absolute Gasteiger partial charge is 0.458 e. The molecule has 1 saturated carbocycles. The van der Waals surface area contributed by atoms with Gasteiger partial charge in [-0.25, -0.2) is 0 Å². The lowest BCUT2D eigenvalue weighted by molar-refractivity contribution is -0.150. The Balaban J connectivity index is 1.19. The van der Waals surface area contributed by atoms with Crippen LogP contribution in [0.25, 0.3) is 33.6 Å². The van der Waals surface area contributed by atoms with Gasteiger partial charge in [0.2, 0.25) is 0 Å². The Morgan fingerprint density at radius 2 is 1.62 bits per heavy atom. The maximum Gasteiger partial charge on any atom is 0.309 e. The summed E-state index contributed by atoms with van der Waals surface area (Å²) in [5, 5.41) is 8.32. The average molecular weight is 550 g/mol. The van der Waals surface area contributed by atoms with Crippen molar-refractivity contribution in [3.05, 3.63) is 108 Å². The van der Waals surface area contributed by atoms with E-state index in [4.69, 9.17) is 20.9 Å². The van der Waals surface area contributed by atoms with Crippen molar-refractivity contribution in [3.8, 4) is 33.6 Å². The molecule has 1 aliphatic carbocycles. The molecule has 0 radical (unpaired) electrons. The first-order chi connectivity index (χ1) is 19.5. The van der Waals surface area contributed by atoms with Gasteiger partial charge >= 0.3 is 5.97 Å². The summed E-state index contributed by atoms with van der Waals surface area (Å²) in [6.07, 6.45) is 5.18. The summed E-state index contributed by atoms with van der Waals surface area (Å²) in [7, 11) is 0. The molecule has 0 bridgehead atoms. The smallest absolute Gasteiger partial charge is 0.309 e. The molecule has 6 rings (SSSR count). The minimum Gasteiger partial charge on any atom is -0.458 e.